The summed E-state index contributed by atoms with van der Waals surface area (Å²) >= 11 is 0. The van der Waals surface area contributed by atoms with Crippen LogP contribution in [0.1, 0.15) is 48.3 Å². The topological polar surface area (TPSA) is 94.9 Å². The van der Waals surface area contributed by atoms with Crippen molar-refractivity contribution in [2.45, 2.75) is 38.5 Å². The zero-order chi connectivity index (χ0) is 12.3. The van der Waals surface area contributed by atoms with Crippen LogP contribution in [0.3, 0.4) is 0 Å². The van der Waals surface area contributed by atoms with Gasteiger partial charge < -0.3 is 11.5 Å². The molecule has 1 aliphatic rings. The zero-order valence-electron chi connectivity index (χ0n) is 9.85. The maximum atomic E-state index is 11.0. The van der Waals surface area contributed by atoms with Crippen molar-refractivity contribution in [1.82, 2.24) is 9.97 Å². The number of primary amides is 1. The van der Waals surface area contributed by atoms with E-state index in [-0.39, 0.29) is 11.4 Å². The van der Waals surface area contributed by atoms with Gasteiger partial charge in [-0.3, -0.25) is 4.79 Å². The van der Waals surface area contributed by atoms with Crippen molar-refractivity contribution in [1.29, 1.82) is 0 Å². The van der Waals surface area contributed by atoms with Crippen LogP contribution in [0.5, 0.6) is 0 Å². The number of hydrogen-bond donors (Lipinski definition) is 2. The van der Waals surface area contributed by atoms with Gasteiger partial charge in [-0.1, -0.05) is 25.7 Å². The Kier molecular flexibility index (Phi) is 3.56. The number of anilines is 1. The van der Waals surface area contributed by atoms with Crippen LogP contribution in [0.25, 0.3) is 0 Å². The molecule has 0 radical (unpaired) electrons. The van der Waals surface area contributed by atoms with Gasteiger partial charge in [-0.15, -0.1) is 0 Å². The summed E-state index contributed by atoms with van der Waals surface area (Å²) in [6.07, 6.45) is 8.67. The molecule has 2 rings (SSSR count). The molecule has 1 aromatic rings. The highest BCUT2D eigenvalue weighted by atomic mass is 16.1. The molecule has 1 heterocycles. The molecule has 1 aliphatic carbocycles. The fourth-order valence-electron chi connectivity index (χ4n) is 2.38. The number of aryl methyl sites for hydroxylation is 1. The highest BCUT2D eigenvalue weighted by Gasteiger charge is 2.16. The smallest absolute Gasteiger partial charge is 0.254 e. The van der Waals surface area contributed by atoms with E-state index in [0.29, 0.717) is 5.82 Å². The highest BCUT2D eigenvalue weighted by Crippen LogP contribution is 2.28. The first-order valence-corrected chi connectivity index (χ1v) is 6.08. The van der Waals surface area contributed by atoms with E-state index in [1.54, 1.807) is 0 Å². The highest BCUT2D eigenvalue weighted by molar-refractivity contribution is 5.96. The Morgan fingerprint density at radius 1 is 1.41 bits per heavy atom. The van der Waals surface area contributed by atoms with E-state index in [2.05, 4.69) is 9.97 Å². The van der Waals surface area contributed by atoms with Gasteiger partial charge in [0.25, 0.3) is 5.91 Å². The lowest BCUT2D eigenvalue weighted by Crippen LogP contribution is -2.16. The minimum Gasteiger partial charge on any atom is -0.383 e. The molecule has 1 aromatic heterocycles. The first kappa shape index (κ1) is 11.8. The number of aromatic nitrogens is 2. The van der Waals surface area contributed by atoms with Gasteiger partial charge >= 0.3 is 0 Å². The molecule has 5 nitrogen and oxygen atoms in total. The van der Waals surface area contributed by atoms with Crippen molar-refractivity contribution >= 4 is 11.7 Å². The van der Waals surface area contributed by atoms with E-state index < -0.39 is 5.91 Å². The third kappa shape index (κ3) is 2.93. The summed E-state index contributed by atoms with van der Waals surface area (Å²) in [5.74, 6) is 1.12. The average molecular weight is 234 g/mol. The second-order valence-electron chi connectivity index (χ2n) is 4.64. The molecule has 0 spiro atoms. The number of carbonyl (C=O) groups excluding carboxylic acids is 1. The van der Waals surface area contributed by atoms with Gasteiger partial charge in [0.15, 0.2) is 0 Å². The predicted molar refractivity (Wildman–Crippen MR) is 65.2 cm³/mol. The third-order valence-corrected chi connectivity index (χ3v) is 3.38. The summed E-state index contributed by atoms with van der Waals surface area (Å²) in [5.41, 5.74) is 11.0. The summed E-state index contributed by atoms with van der Waals surface area (Å²) in [6, 6.07) is 0. The first-order chi connectivity index (χ1) is 8.16. The van der Waals surface area contributed by atoms with E-state index >= 15 is 0 Å². The number of nitrogens with two attached hydrogens (primary N) is 2. The molecule has 92 valence electrons. The monoisotopic (exact) mass is 234 g/mol. The Morgan fingerprint density at radius 2 is 2.12 bits per heavy atom. The summed E-state index contributed by atoms with van der Waals surface area (Å²) in [7, 11) is 0. The van der Waals surface area contributed by atoms with Gasteiger partial charge in [0.1, 0.15) is 11.6 Å². The standard InChI is InChI=1S/C12H18N4O/c13-11-9(12(14)17)7-15-10(16-11)6-5-8-3-1-2-4-8/h7-8H,1-6H2,(H2,14,17)(H2,13,15,16). The molecular formula is C12H18N4O. The molecule has 0 atom stereocenters. The van der Waals surface area contributed by atoms with E-state index in [9.17, 15) is 4.79 Å². The lowest BCUT2D eigenvalue weighted by atomic mass is 10.0. The number of carbonyl (C=O) groups is 1. The molecule has 0 aliphatic heterocycles. The van der Waals surface area contributed by atoms with Crippen LogP contribution in [0.2, 0.25) is 0 Å². The summed E-state index contributed by atoms with van der Waals surface area (Å²) < 4.78 is 0. The predicted octanol–water partition coefficient (Wildman–Crippen LogP) is 1.28. The largest absolute Gasteiger partial charge is 0.383 e. The Labute approximate surface area is 101 Å². The van der Waals surface area contributed by atoms with Crippen molar-refractivity contribution in [3.63, 3.8) is 0 Å². The molecule has 0 unspecified atom stereocenters. The Hall–Kier alpha value is -1.65. The van der Waals surface area contributed by atoms with Crippen LogP contribution in [-0.4, -0.2) is 15.9 Å². The van der Waals surface area contributed by atoms with Crippen molar-refractivity contribution < 1.29 is 4.79 Å². The molecule has 1 fully saturated rings. The SMILES string of the molecule is NC(=O)c1cnc(CCC2CCCC2)nc1N. The Balaban J connectivity index is 1.97. The molecule has 1 saturated carbocycles. The van der Waals surface area contributed by atoms with Crippen molar-refractivity contribution in [3.05, 3.63) is 17.6 Å². The molecule has 0 aromatic carbocycles. The minimum atomic E-state index is -0.579. The number of amides is 1. The van der Waals surface area contributed by atoms with E-state index in [1.807, 2.05) is 0 Å². The fourth-order valence-corrected chi connectivity index (χ4v) is 2.38. The van der Waals surface area contributed by atoms with Gasteiger partial charge in [-0.2, -0.15) is 0 Å². The van der Waals surface area contributed by atoms with Crippen molar-refractivity contribution in [2.75, 3.05) is 5.73 Å². The molecule has 5 heteroatoms. The van der Waals surface area contributed by atoms with E-state index in [4.69, 9.17) is 11.5 Å². The molecular weight excluding hydrogens is 216 g/mol. The molecule has 0 saturated heterocycles. The van der Waals surface area contributed by atoms with Crippen molar-refractivity contribution in [3.8, 4) is 0 Å². The van der Waals surface area contributed by atoms with Crippen LogP contribution in [0.4, 0.5) is 5.82 Å². The fraction of sp³-hybridized carbons (Fsp3) is 0.583. The Morgan fingerprint density at radius 3 is 2.71 bits per heavy atom. The van der Waals surface area contributed by atoms with Gasteiger partial charge in [0.2, 0.25) is 0 Å². The average Bonchev–Trinajstić information content (AvgIpc) is 2.78. The van der Waals surface area contributed by atoms with Gasteiger partial charge in [0, 0.05) is 12.6 Å². The maximum Gasteiger partial charge on any atom is 0.254 e. The van der Waals surface area contributed by atoms with Crippen molar-refractivity contribution in [2.24, 2.45) is 11.7 Å². The second-order valence-corrected chi connectivity index (χ2v) is 4.64. The lowest BCUT2D eigenvalue weighted by molar-refractivity contribution is 0.100. The minimum absolute atomic E-state index is 0.189. The third-order valence-electron chi connectivity index (χ3n) is 3.38. The quantitative estimate of drug-likeness (QED) is 0.820. The van der Waals surface area contributed by atoms with Crippen LogP contribution < -0.4 is 11.5 Å². The van der Waals surface area contributed by atoms with Crippen LogP contribution in [-0.2, 0) is 6.42 Å². The number of rotatable bonds is 4. The summed E-state index contributed by atoms with van der Waals surface area (Å²) in [4.78, 5) is 19.2. The molecule has 4 N–H and O–H groups in total. The zero-order valence-corrected chi connectivity index (χ0v) is 9.85. The first-order valence-electron chi connectivity index (χ1n) is 6.08. The second kappa shape index (κ2) is 5.12. The van der Waals surface area contributed by atoms with E-state index in [0.717, 1.165) is 18.8 Å². The van der Waals surface area contributed by atoms with Crippen LogP contribution >= 0.6 is 0 Å². The number of nitrogens with zero attached hydrogens (tertiary/aromatic N) is 2. The van der Waals surface area contributed by atoms with E-state index in [1.165, 1.54) is 31.9 Å². The van der Waals surface area contributed by atoms with Gasteiger partial charge in [0.05, 0.1) is 5.56 Å². The van der Waals surface area contributed by atoms with Crippen LogP contribution in [0, 0.1) is 5.92 Å². The maximum absolute atomic E-state index is 11.0. The molecule has 17 heavy (non-hydrogen) atoms. The summed E-state index contributed by atoms with van der Waals surface area (Å²) in [5, 5.41) is 0. The lowest BCUT2D eigenvalue weighted by Gasteiger charge is -2.08. The van der Waals surface area contributed by atoms with Gasteiger partial charge in [-0.25, -0.2) is 9.97 Å². The number of nitrogen functional groups attached to an aromatic ring is 1. The van der Waals surface area contributed by atoms with Gasteiger partial charge in [-0.05, 0) is 12.3 Å². The normalized spacial score (nSPS) is 16.2. The molecule has 0 bridgehead atoms. The Bertz CT molecular complexity index is 413. The number of hydrogen-bond acceptors (Lipinski definition) is 4. The van der Waals surface area contributed by atoms with Crippen LogP contribution in [0.15, 0.2) is 6.20 Å². The molecule has 1 amide bonds. The summed E-state index contributed by atoms with van der Waals surface area (Å²) in [6.45, 7) is 0.